The van der Waals surface area contributed by atoms with Crippen LogP contribution in [0.15, 0.2) is 60.7 Å². The summed E-state index contributed by atoms with van der Waals surface area (Å²) < 4.78 is 10.9. The summed E-state index contributed by atoms with van der Waals surface area (Å²) in [5.74, 6) is 1.24. The van der Waals surface area contributed by atoms with Gasteiger partial charge in [0, 0.05) is 13.4 Å². The highest BCUT2D eigenvalue weighted by Crippen LogP contribution is 2.51. The lowest BCUT2D eigenvalue weighted by atomic mass is 9.87. The largest absolute Gasteiger partial charge is 0.454 e. The first-order valence-electron chi connectivity index (χ1n) is 12.4. The maximum atomic E-state index is 13.5. The third-order valence-corrected chi connectivity index (χ3v) is 7.45. The zero-order valence-electron chi connectivity index (χ0n) is 21.0. The molecular formula is C30H33NO6. The fourth-order valence-electron chi connectivity index (χ4n) is 4.77. The minimum Gasteiger partial charge on any atom is -0.454 e. The zero-order chi connectivity index (χ0) is 26.2. The summed E-state index contributed by atoms with van der Waals surface area (Å²) in [6, 6.07) is 19.0. The van der Waals surface area contributed by atoms with E-state index in [4.69, 9.17) is 9.47 Å². The molecule has 0 saturated heterocycles. The van der Waals surface area contributed by atoms with Gasteiger partial charge in [0.25, 0.3) is 5.91 Å². The fourth-order valence-corrected chi connectivity index (χ4v) is 4.77. The lowest BCUT2D eigenvalue weighted by Gasteiger charge is -2.26. The summed E-state index contributed by atoms with van der Waals surface area (Å²) in [6.07, 6.45) is 2.00. The second-order valence-electron chi connectivity index (χ2n) is 10.3. The van der Waals surface area contributed by atoms with E-state index in [1.54, 1.807) is 19.1 Å². The van der Waals surface area contributed by atoms with Crippen LogP contribution >= 0.6 is 0 Å². The maximum Gasteiger partial charge on any atom is 0.251 e. The number of amides is 1. The number of ketones is 1. The van der Waals surface area contributed by atoms with E-state index in [9.17, 15) is 19.8 Å². The van der Waals surface area contributed by atoms with Crippen molar-refractivity contribution in [1.29, 1.82) is 0 Å². The molecule has 5 rings (SSSR count). The monoisotopic (exact) mass is 503 g/mol. The van der Waals surface area contributed by atoms with Crippen LogP contribution < -0.4 is 14.8 Å². The Kier molecular flexibility index (Phi) is 6.52. The second kappa shape index (κ2) is 9.65. The standard InChI is InChI=1S/C30H31NO6.H2/c1-19-3-4-20(14-27(34)30(11-12-30)23-9-10-25-26(15-23)37-18-36-25)13-24(19)21-5-7-22(8-6-21)28(35)31-29(2,16-32)17-33;/h3-10,13,15,32-33H,11-12,14,16-18H2,1-2H3,(H,31,35);1H. The summed E-state index contributed by atoms with van der Waals surface area (Å²) in [4.78, 5) is 26.0. The minimum absolute atomic E-state index is 0. The molecule has 7 heteroatoms. The highest BCUT2D eigenvalue weighted by Gasteiger charge is 2.50. The van der Waals surface area contributed by atoms with E-state index in [0.717, 1.165) is 46.4 Å². The lowest BCUT2D eigenvalue weighted by Crippen LogP contribution is -2.51. The topological polar surface area (TPSA) is 105 Å². The number of hydrogen-bond acceptors (Lipinski definition) is 6. The molecule has 0 unspecified atom stereocenters. The van der Waals surface area contributed by atoms with Gasteiger partial charge in [-0.1, -0.05) is 36.4 Å². The molecule has 1 aliphatic carbocycles. The van der Waals surface area contributed by atoms with Crippen LogP contribution in [0.2, 0.25) is 0 Å². The lowest BCUT2D eigenvalue weighted by molar-refractivity contribution is -0.120. The summed E-state index contributed by atoms with van der Waals surface area (Å²) in [7, 11) is 0. The van der Waals surface area contributed by atoms with Gasteiger partial charge in [-0.05, 0) is 78.8 Å². The van der Waals surface area contributed by atoms with Crippen molar-refractivity contribution in [2.75, 3.05) is 20.0 Å². The van der Waals surface area contributed by atoms with E-state index < -0.39 is 11.0 Å². The normalized spacial score (nSPS) is 15.4. The van der Waals surface area contributed by atoms with E-state index >= 15 is 0 Å². The van der Waals surface area contributed by atoms with Crippen LogP contribution in [0, 0.1) is 6.92 Å². The molecule has 1 saturated carbocycles. The molecule has 0 radical (unpaired) electrons. The molecule has 37 heavy (non-hydrogen) atoms. The van der Waals surface area contributed by atoms with Gasteiger partial charge in [-0.3, -0.25) is 9.59 Å². The molecule has 1 heterocycles. The number of carbonyl (C=O) groups is 2. The highest BCUT2D eigenvalue weighted by molar-refractivity contribution is 5.96. The highest BCUT2D eigenvalue weighted by atomic mass is 16.7. The van der Waals surface area contributed by atoms with Crippen molar-refractivity contribution in [3.63, 3.8) is 0 Å². The third-order valence-electron chi connectivity index (χ3n) is 7.45. The number of aryl methyl sites for hydroxylation is 1. The Hall–Kier alpha value is -3.68. The van der Waals surface area contributed by atoms with Crippen molar-refractivity contribution < 1.29 is 30.7 Å². The number of aliphatic hydroxyl groups is 2. The molecule has 194 valence electrons. The van der Waals surface area contributed by atoms with Gasteiger partial charge in [0.2, 0.25) is 6.79 Å². The molecule has 0 atom stereocenters. The van der Waals surface area contributed by atoms with Gasteiger partial charge >= 0.3 is 0 Å². The van der Waals surface area contributed by atoms with Crippen molar-refractivity contribution in [2.24, 2.45) is 0 Å². The quantitative estimate of drug-likeness (QED) is 0.408. The van der Waals surface area contributed by atoms with Crippen LogP contribution in [0.4, 0.5) is 0 Å². The number of rotatable bonds is 9. The Bertz CT molecular complexity index is 1350. The number of nitrogens with one attached hydrogen (secondary N) is 1. The number of ether oxygens (including phenoxy) is 2. The van der Waals surface area contributed by atoms with Crippen LogP contribution in [0.5, 0.6) is 11.5 Å². The molecule has 0 bridgehead atoms. The van der Waals surface area contributed by atoms with Crippen LogP contribution in [0.1, 0.15) is 48.2 Å². The molecule has 1 amide bonds. The maximum absolute atomic E-state index is 13.5. The van der Waals surface area contributed by atoms with Crippen LogP contribution in [0.25, 0.3) is 11.1 Å². The van der Waals surface area contributed by atoms with E-state index in [0.29, 0.717) is 17.7 Å². The van der Waals surface area contributed by atoms with Crippen LogP contribution in [0.3, 0.4) is 0 Å². The number of fused-ring (bicyclic) bond motifs is 1. The molecule has 0 aromatic heterocycles. The number of benzene rings is 3. The van der Waals surface area contributed by atoms with Crippen molar-refractivity contribution in [1.82, 2.24) is 5.32 Å². The van der Waals surface area contributed by atoms with E-state index in [1.165, 1.54) is 0 Å². The van der Waals surface area contributed by atoms with Gasteiger partial charge in [-0.15, -0.1) is 0 Å². The predicted octanol–water partition coefficient (Wildman–Crippen LogP) is 3.95. The van der Waals surface area contributed by atoms with Crippen molar-refractivity contribution in [2.45, 2.75) is 44.1 Å². The number of hydrogen-bond donors (Lipinski definition) is 3. The Morgan fingerprint density at radius 1 is 0.973 bits per heavy atom. The van der Waals surface area contributed by atoms with Gasteiger partial charge < -0.3 is 25.0 Å². The average molecular weight is 504 g/mol. The Balaban J connectivity index is 0.00000336. The molecule has 3 aromatic rings. The Labute approximate surface area is 217 Å². The molecule has 1 aliphatic heterocycles. The third kappa shape index (κ3) is 4.84. The Morgan fingerprint density at radius 3 is 2.35 bits per heavy atom. The Morgan fingerprint density at radius 2 is 1.68 bits per heavy atom. The van der Waals surface area contributed by atoms with E-state index in [2.05, 4.69) is 5.32 Å². The van der Waals surface area contributed by atoms with Gasteiger partial charge in [-0.2, -0.15) is 0 Å². The van der Waals surface area contributed by atoms with Gasteiger partial charge in [-0.25, -0.2) is 0 Å². The zero-order valence-corrected chi connectivity index (χ0v) is 21.0. The van der Waals surface area contributed by atoms with Crippen molar-refractivity contribution in [3.05, 3.63) is 82.9 Å². The minimum atomic E-state index is -1.09. The SMILES string of the molecule is Cc1ccc(CC(=O)C2(c3ccc4c(c3)OCO4)CC2)cc1-c1ccc(C(=O)NC(C)(CO)CO)cc1.[HH]. The predicted molar refractivity (Wildman–Crippen MR) is 141 cm³/mol. The van der Waals surface area contributed by atoms with E-state index in [-0.39, 0.29) is 33.1 Å². The molecular weight excluding hydrogens is 470 g/mol. The molecule has 7 nitrogen and oxygen atoms in total. The second-order valence-corrected chi connectivity index (χ2v) is 10.3. The first-order chi connectivity index (χ1) is 17.8. The van der Waals surface area contributed by atoms with Crippen LogP contribution in [-0.4, -0.2) is 47.4 Å². The summed E-state index contributed by atoms with van der Waals surface area (Å²) >= 11 is 0. The molecule has 3 aromatic carbocycles. The summed E-state index contributed by atoms with van der Waals surface area (Å²) in [5, 5.41) is 21.5. The molecule has 2 aliphatic rings. The molecule has 3 N–H and O–H groups in total. The van der Waals surface area contributed by atoms with E-state index in [1.807, 2.05) is 55.5 Å². The summed E-state index contributed by atoms with van der Waals surface area (Å²) in [5.41, 5.74) is 3.82. The van der Waals surface area contributed by atoms with Crippen molar-refractivity contribution in [3.8, 4) is 22.6 Å². The number of carbonyl (C=O) groups excluding carboxylic acids is 2. The van der Waals surface area contributed by atoms with Gasteiger partial charge in [0.05, 0.1) is 24.2 Å². The first-order valence-corrected chi connectivity index (χ1v) is 12.4. The smallest absolute Gasteiger partial charge is 0.251 e. The first kappa shape index (κ1) is 25.0. The summed E-state index contributed by atoms with van der Waals surface area (Å²) in [6.45, 7) is 3.07. The number of Topliss-reactive ketones (excluding diaryl/α,β-unsaturated/α-hetero) is 1. The molecule has 1 fully saturated rings. The van der Waals surface area contributed by atoms with Crippen molar-refractivity contribution >= 4 is 11.7 Å². The number of aliphatic hydroxyl groups excluding tert-OH is 2. The van der Waals surface area contributed by atoms with Crippen LogP contribution in [-0.2, 0) is 16.6 Å². The average Bonchev–Trinajstić information content (AvgIpc) is 3.60. The fraction of sp³-hybridized carbons (Fsp3) is 0.333. The van der Waals surface area contributed by atoms with Gasteiger partial charge in [0.15, 0.2) is 11.5 Å². The molecule has 0 spiro atoms. The van der Waals surface area contributed by atoms with Gasteiger partial charge in [0.1, 0.15) is 5.78 Å².